The Kier molecular flexibility index (Phi) is 5.40. The van der Waals surface area contributed by atoms with Crippen molar-refractivity contribution in [1.82, 2.24) is 14.9 Å². The van der Waals surface area contributed by atoms with Crippen molar-refractivity contribution >= 4 is 11.8 Å². The lowest BCUT2D eigenvalue weighted by atomic mass is 10.5. The number of hydrogen-bond donors (Lipinski definition) is 1. The highest BCUT2D eigenvalue weighted by Crippen LogP contribution is 1.98. The molecular weight excluding hydrogens is 194 g/mol. The third-order valence-electron chi connectivity index (χ3n) is 1.86. The van der Waals surface area contributed by atoms with Gasteiger partial charge in [-0.15, -0.1) is 6.58 Å². The van der Waals surface area contributed by atoms with Gasteiger partial charge in [-0.3, -0.25) is 0 Å². The molecule has 1 aromatic rings. The molecule has 0 unspecified atom stereocenters. The standard InChI is InChI=1S/C10H17N3S/c1-3-7-14-8-5-11-9-10-12-4-6-13(10)2/h3-4,6,11H,1,5,7-9H2,2H3. The zero-order valence-electron chi connectivity index (χ0n) is 8.57. The molecule has 78 valence electrons. The van der Waals surface area contributed by atoms with Crippen molar-refractivity contribution in [3.05, 3.63) is 30.9 Å². The van der Waals surface area contributed by atoms with Crippen LogP contribution < -0.4 is 5.32 Å². The van der Waals surface area contributed by atoms with Crippen LogP contribution in [0.2, 0.25) is 0 Å². The molecule has 0 aromatic carbocycles. The number of hydrogen-bond acceptors (Lipinski definition) is 3. The first-order valence-electron chi connectivity index (χ1n) is 4.70. The van der Waals surface area contributed by atoms with Gasteiger partial charge >= 0.3 is 0 Å². The first-order valence-corrected chi connectivity index (χ1v) is 5.85. The van der Waals surface area contributed by atoms with Gasteiger partial charge in [0.25, 0.3) is 0 Å². The van der Waals surface area contributed by atoms with E-state index in [0.717, 1.165) is 30.4 Å². The summed E-state index contributed by atoms with van der Waals surface area (Å²) in [6.45, 7) is 5.54. The van der Waals surface area contributed by atoms with Gasteiger partial charge in [0, 0.05) is 37.5 Å². The third kappa shape index (κ3) is 3.98. The maximum Gasteiger partial charge on any atom is 0.122 e. The van der Waals surface area contributed by atoms with Crippen molar-refractivity contribution in [2.75, 3.05) is 18.1 Å². The van der Waals surface area contributed by atoms with E-state index in [-0.39, 0.29) is 0 Å². The van der Waals surface area contributed by atoms with Crippen LogP contribution in [0, 0.1) is 0 Å². The summed E-state index contributed by atoms with van der Waals surface area (Å²) in [7, 11) is 2.01. The molecule has 3 nitrogen and oxygen atoms in total. The van der Waals surface area contributed by atoms with Crippen LogP contribution in [-0.2, 0) is 13.6 Å². The second-order valence-electron chi connectivity index (χ2n) is 2.99. The van der Waals surface area contributed by atoms with Crippen LogP contribution in [0.15, 0.2) is 25.0 Å². The van der Waals surface area contributed by atoms with Crippen LogP contribution in [0.5, 0.6) is 0 Å². The second kappa shape index (κ2) is 6.68. The van der Waals surface area contributed by atoms with Gasteiger partial charge in [0.05, 0.1) is 6.54 Å². The Morgan fingerprint density at radius 1 is 1.71 bits per heavy atom. The minimum absolute atomic E-state index is 0.845. The Balaban J connectivity index is 2.04. The average molecular weight is 211 g/mol. The topological polar surface area (TPSA) is 29.9 Å². The van der Waals surface area contributed by atoms with E-state index in [2.05, 4.69) is 16.9 Å². The molecule has 4 heteroatoms. The van der Waals surface area contributed by atoms with Gasteiger partial charge in [-0.2, -0.15) is 11.8 Å². The summed E-state index contributed by atoms with van der Waals surface area (Å²) in [5.74, 6) is 3.24. The molecule has 0 spiro atoms. The fraction of sp³-hybridized carbons (Fsp3) is 0.500. The minimum Gasteiger partial charge on any atom is -0.337 e. The largest absolute Gasteiger partial charge is 0.337 e. The molecule has 0 aliphatic heterocycles. The number of nitrogens with zero attached hydrogens (tertiary/aromatic N) is 2. The summed E-state index contributed by atoms with van der Waals surface area (Å²) < 4.78 is 2.03. The highest BCUT2D eigenvalue weighted by molar-refractivity contribution is 7.99. The van der Waals surface area contributed by atoms with Gasteiger partial charge < -0.3 is 9.88 Å². The van der Waals surface area contributed by atoms with Crippen LogP contribution in [0.25, 0.3) is 0 Å². The van der Waals surface area contributed by atoms with Crippen molar-refractivity contribution in [2.24, 2.45) is 7.05 Å². The third-order valence-corrected chi connectivity index (χ3v) is 2.83. The lowest BCUT2D eigenvalue weighted by molar-refractivity contribution is 0.664. The highest BCUT2D eigenvalue weighted by atomic mass is 32.2. The van der Waals surface area contributed by atoms with Gasteiger partial charge in [-0.05, 0) is 0 Å². The van der Waals surface area contributed by atoms with Crippen LogP contribution in [0.4, 0.5) is 0 Å². The predicted molar refractivity (Wildman–Crippen MR) is 62.4 cm³/mol. The molecule has 1 N–H and O–H groups in total. The molecule has 0 saturated heterocycles. The highest BCUT2D eigenvalue weighted by Gasteiger charge is 1.96. The van der Waals surface area contributed by atoms with E-state index in [1.807, 2.05) is 41.8 Å². The number of aromatic nitrogens is 2. The van der Waals surface area contributed by atoms with Crippen LogP contribution in [0.1, 0.15) is 5.82 Å². The summed E-state index contributed by atoms with van der Waals surface area (Å²) in [4.78, 5) is 4.23. The Hall–Kier alpha value is -0.740. The van der Waals surface area contributed by atoms with Crippen molar-refractivity contribution in [1.29, 1.82) is 0 Å². The molecule has 0 radical (unpaired) electrons. The molecule has 0 saturated carbocycles. The molecule has 0 aliphatic rings. The monoisotopic (exact) mass is 211 g/mol. The fourth-order valence-corrected chi connectivity index (χ4v) is 1.70. The molecule has 0 amide bonds. The minimum atomic E-state index is 0.845. The van der Waals surface area contributed by atoms with Crippen molar-refractivity contribution < 1.29 is 0 Å². The quantitative estimate of drug-likeness (QED) is 0.546. The van der Waals surface area contributed by atoms with E-state index in [4.69, 9.17) is 0 Å². The summed E-state index contributed by atoms with van der Waals surface area (Å²) in [6.07, 6.45) is 5.72. The van der Waals surface area contributed by atoms with Crippen LogP contribution in [0.3, 0.4) is 0 Å². The molecular formula is C10H17N3S. The van der Waals surface area contributed by atoms with Crippen LogP contribution in [-0.4, -0.2) is 27.6 Å². The Morgan fingerprint density at radius 2 is 2.57 bits per heavy atom. The normalized spacial score (nSPS) is 10.4. The molecule has 14 heavy (non-hydrogen) atoms. The summed E-state index contributed by atoms with van der Waals surface area (Å²) in [6, 6.07) is 0. The van der Waals surface area contributed by atoms with Crippen molar-refractivity contribution in [2.45, 2.75) is 6.54 Å². The number of nitrogens with one attached hydrogen (secondary N) is 1. The van der Waals surface area contributed by atoms with Gasteiger partial charge in [0.1, 0.15) is 5.82 Å². The molecule has 1 heterocycles. The fourth-order valence-electron chi connectivity index (χ4n) is 1.08. The smallest absolute Gasteiger partial charge is 0.122 e. The van der Waals surface area contributed by atoms with Gasteiger partial charge in [0.15, 0.2) is 0 Å². The molecule has 0 bridgehead atoms. The summed E-state index contributed by atoms with van der Waals surface area (Å²) in [5, 5.41) is 3.35. The summed E-state index contributed by atoms with van der Waals surface area (Å²) >= 11 is 1.89. The molecule has 1 aromatic heterocycles. The lowest BCUT2D eigenvalue weighted by Crippen LogP contribution is -2.18. The first kappa shape index (κ1) is 11.3. The maximum atomic E-state index is 4.23. The molecule has 1 rings (SSSR count). The Morgan fingerprint density at radius 3 is 3.21 bits per heavy atom. The molecule has 0 atom stereocenters. The van der Waals surface area contributed by atoms with E-state index in [1.165, 1.54) is 0 Å². The van der Waals surface area contributed by atoms with Gasteiger partial charge in [-0.1, -0.05) is 6.08 Å². The van der Waals surface area contributed by atoms with Crippen molar-refractivity contribution in [3.63, 3.8) is 0 Å². The first-order chi connectivity index (χ1) is 6.84. The predicted octanol–water partition coefficient (Wildman–Crippen LogP) is 1.43. The molecule has 0 fully saturated rings. The molecule has 0 aliphatic carbocycles. The van der Waals surface area contributed by atoms with E-state index in [0.29, 0.717) is 0 Å². The van der Waals surface area contributed by atoms with Gasteiger partial charge in [0.2, 0.25) is 0 Å². The van der Waals surface area contributed by atoms with E-state index >= 15 is 0 Å². The van der Waals surface area contributed by atoms with E-state index < -0.39 is 0 Å². The number of imidazole rings is 1. The Labute approximate surface area is 89.6 Å². The zero-order valence-corrected chi connectivity index (χ0v) is 9.39. The van der Waals surface area contributed by atoms with E-state index in [1.54, 1.807) is 0 Å². The SMILES string of the molecule is C=CCSCCNCc1nccn1C. The zero-order chi connectivity index (χ0) is 10.2. The van der Waals surface area contributed by atoms with Gasteiger partial charge in [-0.25, -0.2) is 4.98 Å². The Bertz CT molecular complexity index is 270. The number of thioether (sulfide) groups is 1. The van der Waals surface area contributed by atoms with E-state index in [9.17, 15) is 0 Å². The lowest BCUT2D eigenvalue weighted by Gasteiger charge is -2.03. The number of aryl methyl sites for hydroxylation is 1. The van der Waals surface area contributed by atoms with Crippen molar-refractivity contribution in [3.8, 4) is 0 Å². The maximum absolute atomic E-state index is 4.23. The second-order valence-corrected chi connectivity index (χ2v) is 4.14. The average Bonchev–Trinajstić information content (AvgIpc) is 2.58. The summed E-state index contributed by atoms with van der Waals surface area (Å²) in [5.41, 5.74) is 0. The van der Waals surface area contributed by atoms with Crippen LogP contribution >= 0.6 is 11.8 Å². The number of rotatable bonds is 7.